The van der Waals surface area contributed by atoms with Crippen LogP contribution in [-0.4, -0.2) is 23.9 Å². The third-order valence-corrected chi connectivity index (χ3v) is 2.94. The number of halogens is 1. The van der Waals surface area contributed by atoms with Crippen molar-refractivity contribution in [2.75, 3.05) is 7.05 Å². The van der Waals surface area contributed by atoms with Gasteiger partial charge in [0.15, 0.2) is 0 Å². The van der Waals surface area contributed by atoms with Crippen LogP contribution in [0.1, 0.15) is 37.6 Å². The van der Waals surface area contributed by atoms with Crippen LogP contribution >= 0.6 is 11.6 Å². The van der Waals surface area contributed by atoms with Crippen LogP contribution in [0.4, 0.5) is 0 Å². The molecule has 16 heavy (non-hydrogen) atoms. The minimum absolute atomic E-state index is 0.0908. The van der Waals surface area contributed by atoms with Gasteiger partial charge in [-0.15, -0.1) is 0 Å². The molecule has 1 amide bonds. The lowest BCUT2D eigenvalue weighted by molar-refractivity contribution is 0.0727. The third kappa shape index (κ3) is 3.01. The van der Waals surface area contributed by atoms with Gasteiger partial charge in [0.05, 0.1) is 11.8 Å². The highest BCUT2D eigenvalue weighted by molar-refractivity contribution is 6.32. The summed E-state index contributed by atoms with van der Waals surface area (Å²) in [5.41, 5.74) is 0.430. The molecule has 0 aliphatic carbocycles. The largest absolute Gasteiger partial charge is 0.452 e. The first-order valence-corrected chi connectivity index (χ1v) is 5.81. The van der Waals surface area contributed by atoms with E-state index in [0.717, 1.165) is 6.42 Å². The van der Waals surface area contributed by atoms with Crippen LogP contribution in [0.5, 0.6) is 0 Å². The molecule has 0 spiro atoms. The third-order valence-electron chi connectivity index (χ3n) is 2.64. The molecule has 1 aromatic heterocycles. The highest BCUT2D eigenvalue weighted by Gasteiger charge is 2.21. The number of hydrogen-bond donors (Lipinski definition) is 0. The van der Waals surface area contributed by atoms with Crippen molar-refractivity contribution in [3.63, 3.8) is 0 Å². The summed E-state index contributed by atoms with van der Waals surface area (Å²) in [4.78, 5) is 13.7. The summed E-state index contributed by atoms with van der Waals surface area (Å²) in [6.45, 7) is 6.31. The monoisotopic (exact) mass is 243 g/mol. The Morgan fingerprint density at radius 1 is 1.50 bits per heavy atom. The number of rotatable bonds is 4. The van der Waals surface area contributed by atoms with Gasteiger partial charge in [-0.3, -0.25) is 4.79 Å². The van der Waals surface area contributed by atoms with E-state index in [-0.39, 0.29) is 17.2 Å². The average Bonchev–Trinajstić information content (AvgIpc) is 2.61. The molecule has 1 unspecified atom stereocenters. The molecule has 0 saturated carbocycles. The Balaban J connectivity index is 2.71. The van der Waals surface area contributed by atoms with Gasteiger partial charge in [0.1, 0.15) is 0 Å². The minimum atomic E-state index is -0.0908. The molecule has 4 heteroatoms. The predicted octanol–water partition coefficient (Wildman–Crippen LogP) is 3.44. The van der Waals surface area contributed by atoms with Gasteiger partial charge < -0.3 is 9.32 Å². The number of hydrogen-bond acceptors (Lipinski definition) is 2. The zero-order valence-corrected chi connectivity index (χ0v) is 10.9. The maximum absolute atomic E-state index is 12.0. The van der Waals surface area contributed by atoms with Crippen LogP contribution in [0.25, 0.3) is 0 Å². The van der Waals surface area contributed by atoms with Crippen LogP contribution in [0.2, 0.25) is 5.22 Å². The smallest absolute Gasteiger partial charge is 0.258 e. The van der Waals surface area contributed by atoms with E-state index in [1.54, 1.807) is 18.0 Å². The lowest BCUT2D eigenvalue weighted by Crippen LogP contribution is -2.35. The molecular formula is C12H18ClNO2. The van der Waals surface area contributed by atoms with Gasteiger partial charge in [-0.25, -0.2) is 0 Å². The molecular weight excluding hydrogens is 226 g/mol. The van der Waals surface area contributed by atoms with E-state index in [2.05, 4.69) is 13.8 Å². The van der Waals surface area contributed by atoms with Crippen molar-refractivity contribution in [1.29, 1.82) is 0 Å². The van der Waals surface area contributed by atoms with E-state index in [9.17, 15) is 4.79 Å². The lowest BCUT2D eigenvalue weighted by atomic mass is 10.0. The summed E-state index contributed by atoms with van der Waals surface area (Å²) < 4.78 is 4.91. The molecule has 0 fully saturated rings. The Hall–Kier alpha value is -0.960. The molecule has 0 bridgehead atoms. The Kier molecular flexibility index (Phi) is 4.42. The maximum Gasteiger partial charge on any atom is 0.258 e. The SMILES string of the molecule is CC(C)CC(C)N(C)C(=O)c1ccoc1Cl. The predicted molar refractivity (Wildman–Crippen MR) is 64.7 cm³/mol. The van der Waals surface area contributed by atoms with Crippen LogP contribution in [-0.2, 0) is 0 Å². The molecule has 90 valence electrons. The Morgan fingerprint density at radius 3 is 2.56 bits per heavy atom. The fraction of sp³-hybridized carbons (Fsp3) is 0.583. The molecule has 1 aromatic rings. The van der Waals surface area contributed by atoms with Gasteiger partial charge in [0.25, 0.3) is 5.91 Å². The van der Waals surface area contributed by atoms with Crippen LogP contribution in [0.15, 0.2) is 16.7 Å². The second-order valence-corrected chi connectivity index (χ2v) is 4.85. The molecule has 1 rings (SSSR count). The first-order valence-electron chi connectivity index (χ1n) is 5.43. The summed E-state index contributed by atoms with van der Waals surface area (Å²) in [6.07, 6.45) is 2.40. The van der Waals surface area contributed by atoms with E-state index in [4.69, 9.17) is 16.0 Å². The quantitative estimate of drug-likeness (QED) is 0.812. The van der Waals surface area contributed by atoms with Crippen molar-refractivity contribution in [3.05, 3.63) is 23.1 Å². The summed E-state index contributed by atoms with van der Waals surface area (Å²) in [6, 6.07) is 1.79. The number of furan rings is 1. The van der Waals surface area contributed by atoms with Gasteiger partial charge in [-0.2, -0.15) is 0 Å². The number of nitrogens with zero attached hydrogens (tertiary/aromatic N) is 1. The van der Waals surface area contributed by atoms with Crippen molar-refractivity contribution in [2.24, 2.45) is 5.92 Å². The van der Waals surface area contributed by atoms with Gasteiger partial charge in [-0.1, -0.05) is 13.8 Å². The van der Waals surface area contributed by atoms with Crippen molar-refractivity contribution < 1.29 is 9.21 Å². The highest BCUT2D eigenvalue weighted by Crippen LogP contribution is 2.20. The first kappa shape index (κ1) is 13.1. The first-order chi connectivity index (χ1) is 7.43. The Labute approximate surface area is 101 Å². The molecule has 0 aromatic carbocycles. The average molecular weight is 244 g/mol. The summed E-state index contributed by atoms with van der Waals surface area (Å²) in [5, 5.41) is 0.161. The van der Waals surface area contributed by atoms with Gasteiger partial charge in [-0.05, 0) is 36.9 Å². The molecule has 0 saturated heterocycles. The number of amides is 1. The molecule has 1 atom stereocenters. The standard InChI is InChI=1S/C12H18ClNO2/c1-8(2)7-9(3)14(4)12(15)10-5-6-16-11(10)13/h5-6,8-9H,7H2,1-4H3. The van der Waals surface area contributed by atoms with Gasteiger partial charge >= 0.3 is 0 Å². The fourth-order valence-electron chi connectivity index (χ4n) is 1.68. The second-order valence-electron chi connectivity index (χ2n) is 4.50. The molecule has 0 aliphatic heterocycles. The zero-order valence-electron chi connectivity index (χ0n) is 10.2. The molecule has 0 radical (unpaired) electrons. The molecule has 1 heterocycles. The lowest BCUT2D eigenvalue weighted by Gasteiger charge is -2.26. The van der Waals surface area contributed by atoms with E-state index >= 15 is 0 Å². The van der Waals surface area contributed by atoms with Crippen LogP contribution in [0, 0.1) is 5.92 Å². The Bertz CT molecular complexity index is 360. The van der Waals surface area contributed by atoms with Crippen molar-refractivity contribution >= 4 is 17.5 Å². The summed E-state index contributed by atoms with van der Waals surface area (Å²) in [5.74, 6) is 0.469. The molecule has 3 nitrogen and oxygen atoms in total. The summed E-state index contributed by atoms with van der Waals surface area (Å²) in [7, 11) is 1.79. The van der Waals surface area contributed by atoms with Crippen molar-refractivity contribution in [3.8, 4) is 0 Å². The normalized spacial score (nSPS) is 12.9. The van der Waals surface area contributed by atoms with E-state index in [0.29, 0.717) is 11.5 Å². The topological polar surface area (TPSA) is 33.5 Å². The van der Waals surface area contributed by atoms with E-state index in [1.807, 2.05) is 6.92 Å². The second kappa shape index (κ2) is 5.39. The molecule has 0 N–H and O–H groups in total. The van der Waals surface area contributed by atoms with Gasteiger partial charge in [0.2, 0.25) is 5.22 Å². The van der Waals surface area contributed by atoms with Crippen molar-refractivity contribution in [1.82, 2.24) is 4.90 Å². The van der Waals surface area contributed by atoms with E-state index in [1.165, 1.54) is 6.26 Å². The van der Waals surface area contributed by atoms with Gasteiger partial charge in [0, 0.05) is 13.1 Å². The highest BCUT2D eigenvalue weighted by atomic mass is 35.5. The number of carbonyl (C=O) groups is 1. The zero-order chi connectivity index (χ0) is 12.3. The maximum atomic E-state index is 12.0. The number of carbonyl (C=O) groups excluding carboxylic acids is 1. The molecule has 0 aliphatic rings. The van der Waals surface area contributed by atoms with Crippen LogP contribution in [0.3, 0.4) is 0 Å². The fourth-order valence-corrected chi connectivity index (χ4v) is 1.87. The van der Waals surface area contributed by atoms with Crippen LogP contribution < -0.4 is 0 Å². The van der Waals surface area contributed by atoms with Crippen molar-refractivity contribution in [2.45, 2.75) is 33.2 Å². The van der Waals surface area contributed by atoms with E-state index < -0.39 is 0 Å². The summed E-state index contributed by atoms with van der Waals surface area (Å²) >= 11 is 5.77. The Morgan fingerprint density at radius 2 is 2.12 bits per heavy atom. The minimum Gasteiger partial charge on any atom is -0.452 e.